The molecule has 2 aromatic carbocycles. The molecule has 0 spiro atoms. The number of hydrogen-bond acceptors (Lipinski definition) is 1. The Morgan fingerprint density at radius 1 is 1.10 bits per heavy atom. The summed E-state index contributed by atoms with van der Waals surface area (Å²) in [6, 6.07) is 9.74. The molecule has 0 aliphatic carbocycles. The molecule has 0 aliphatic rings. The summed E-state index contributed by atoms with van der Waals surface area (Å²) < 4.78 is 26.6. The molecule has 0 saturated carbocycles. The van der Waals surface area contributed by atoms with Gasteiger partial charge in [0.2, 0.25) is 0 Å². The van der Waals surface area contributed by atoms with E-state index in [0.717, 1.165) is 28.6 Å². The van der Waals surface area contributed by atoms with Crippen LogP contribution in [0.4, 0.5) is 14.5 Å². The predicted octanol–water partition coefficient (Wildman–Crippen LogP) is 4.71. The van der Waals surface area contributed by atoms with Crippen LogP contribution in [0.5, 0.6) is 0 Å². The van der Waals surface area contributed by atoms with Crippen LogP contribution < -0.4 is 5.32 Å². The quantitative estimate of drug-likeness (QED) is 0.719. The molecular weight excluding hydrogens is 282 g/mol. The zero-order chi connectivity index (χ0) is 14.1. The van der Waals surface area contributed by atoms with Crippen molar-refractivity contribution in [1.29, 1.82) is 0 Å². The zero-order valence-electron chi connectivity index (χ0n) is 10.4. The van der Waals surface area contributed by atoms with Gasteiger partial charge in [0.05, 0.1) is 10.7 Å². The summed E-state index contributed by atoms with van der Waals surface area (Å²) in [7, 11) is 0. The summed E-state index contributed by atoms with van der Waals surface area (Å²) in [4.78, 5) is 3.10. The van der Waals surface area contributed by atoms with E-state index >= 15 is 0 Å². The first-order valence-electron chi connectivity index (χ1n) is 6.08. The van der Waals surface area contributed by atoms with Gasteiger partial charge in [0.1, 0.15) is 5.82 Å². The highest BCUT2D eigenvalue weighted by atomic mass is 35.5. The van der Waals surface area contributed by atoms with Gasteiger partial charge in [0.15, 0.2) is 5.82 Å². The normalized spacial score (nSPS) is 10.9. The smallest absolute Gasteiger partial charge is 0.150 e. The van der Waals surface area contributed by atoms with Gasteiger partial charge >= 0.3 is 0 Å². The maximum atomic E-state index is 13.6. The second kappa shape index (κ2) is 5.13. The van der Waals surface area contributed by atoms with Crippen LogP contribution in [-0.4, -0.2) is 4.98 Å². The van der Waals surface area contributed by atoms with Gasteiger partial charge in [-0.3, -0.25) is 0 Å². The van der Waals surface area contributed by atoms with Gasteiger partial charge in [-0.05, 0) is 35.2 Å². The number of rotatable bonds is 3. The molecule has 102 valence electrons. The van der Waals surface area contributed by atoms with E-state index in [-0.39, 0.29) is 10.7 Å². The fourth-order valence-electron chi connectivity index (χ4n) is 2.11. The highest BCUT2D eigenvalue weighted by Gasteiger charge is 2.09. The van der Waals surface area contributed by atoms with Crippen LogP contribution in [0.15, 0.2) is 42.6 Å². The van der Waals surface area contributed by atoms with E-state index in [2.05, 4.69) is 10.3 Å². The number of fused-ring (bicyclic) bond motifs is 1. The Balaban J connectivity index is 1.82. The molecule has 0 saturated heterocycles. The van der Waals surface area contributed by atoms with Crippen molar-refractivity contribution in [2.24, 2.45) is 0 Å². The average molecular weight is 293 g/mol. The van der Waals surface area contributed by atoms with Crippen LogP contribution in [0.1, 0.15) is 5.56 Å². The van der Waals surface area contributed by atoms with Crippen molar-refractivity contribution in [2.45, 2.75) is 6.54 Å². The minimum atomic E-state index is -0.697. The van der Waals surface area contributed by atoms with Crippen molar-refractivity contribution in [3.05, 3.63) is 64.8 Å². The lowest BCUT2D eigenvalue weighted by atomic mass is 10.1. The molecule has 3 aromatic rings. The number of nitrogens with one attached hydrogen (secondary N) is 2. The summed E-state index contributed by atoms with van der Waals surface area (Å²) in [5.74, 6) is -1.38. The molecule has 2 nitrogen and oxygen atoms in total. The van der Waals surface area contributed by atoms with E-state index in [4.69, 9.17) is 11.6 Å². The SMILES string of the molecule is Fc1cc(F)c(NCc2ccc3[nH]ccc3c2)c(Cl)c1. The average Bonchev–Trinajstić information content (AvgIpc) is 2.84. The van der Waals surface area contributed by atoms with Crippen molar-refractivity contribution in [3.63, 3.8) is 0 Å². The van der Waals surface area contributed by atoms with Gasteiger partial charge in [-0.25, -0.2) is 8.78 Å². The van der Waals surface area contributed by atoms with Gasteiger partial charge in [0, 0.05) is 24.3 Å². The lowest BCUT2D eigenvalue weighted by molar-refractivity contribution is 0.585. The van der Waals surface area contributed by atoms with Gasteiger partial charge in [-0.2, -0.15) is 0 Å². The first-order valence-corrected chi connectivity index (χ1v) is 6.46. The van der Waals surface area contributed by atoms with E-state index in [1.807, 2.05) is 30.5 Å². The van der Waals surface area contributed by atoms with Gasteiger partial charge < -0.3 is 10.3 Å². The molecule has 5 heteroatoms. The Labute approximate surface area is 119 Å². The number of hydrogen-bond donors (Lipinski definition) is 2. The van der Waals surface area contributed by atoms with Crippen molar-refractivity contribution >= 4 is 28.2 Å². The third-order valence-electron chi connectivity index (χ3n) is 3.09. The van der Waals surface area contributed by atoms with Crippen LogP contribution >= 0.6 is 11.6 Å². The Bertz CT molecular complexity index is 744. The van der Waals surface area contributed by atoms with Crippen LogP contribution in [-0.2, 0) is 6.54 Å². The number of H-pyrrole nitrogens is 1. The molecule has 1 aromatic heterocycles. The lowest BCUT2D eigenvalue weighted by Crippen LogP contribution is -2.02. The molecule has 0 unspecified atom stereocenters. The molecule has 0 bridgehead atoms. The van der Waals surface area contributed by atoms with Crippen molar-refractivity contribution in [3.8, 4) is 0 Å². The summed E-state index contributed by atoms with van der Waals surface area (Å²) >= 11 is 5.83. The standard InChI is InChI=1S/C15H11ClF2N2/c16-12-6-11(17)7-13(18)15(12)20-8-9-1-2-14-10(5-9)3-4-19-14/h1-7,19-20H,8H2. The Hall–Kier alpha value is -2.07. The number of aromatic amines is 1. The number of anilines is 1. The highest BCUT2D eigenvalue weighted by Crippen LogP contribution is 2.27. The maximum absolute atomic E-state index is 13.6. The summed E-state index contributed by atoms with van der Waals surface area (Å²) in [6.45, 7) is 0.406. The molecule has 0 fully saturated rings. The van der Waals surface area contributed by atoms with Gasteiger partial charge in [0.25, 0.3) is 0 Å². The fraction of sp³-hybridized carbons (Fsp3) is 0.0667. The van der Waals surface area contributed by atoms with E-state index < -0.39 is 11.6 Å². The Morgan fingerprint density at radius 2 is 1.95 bits per heavy atom. The predicted molar refractivity (Wildman–Crippen MR) is 77.0 cm³/mol. The van der Waals surface area contributed by atoms with E-state index in [9.17, 15) is 8.78 Å². The second-order valence-electron chi connectivity index (χ2n) is 4.50. The summed E-state index contributed by atoms with van der Waals surface area (Å²) in [5.41, 5.74) is 2.14. The third kappa shape index (κ3) is 2.47. The Kier molecular flexibility index (Phi) is 3.32. The van der Waals surface area contributed by atoms with E-state index in [1.54, 1.807) is 0 Å². The topological polar surface area (TPSA) is 27.8 Å². The minimum absolute atomic E-state index is 0.0326. The van der Waals surface area contributed by atoms with Crippen LogP contribution in [0, 0.1) is 11.6 Å². The van der Waals surface area contributed by atoms with Crippen molar-refractivity contribution < 1.29 is 8.78 Å². The largest absolute Gasteiger partial charge is 0.377 e. The molecule has 2 N–H and O–H groups in total. The first kappa shape index (κ1) is 12.9. The van der Waals surface area contributed by atoms with Crippen molar-refractivity contribution in [1.82, 2.24) is 4.98 Å². The number of benzene rings is 2. The fourth-order valence-corrected chi connectivity index (χ4v) is 2.38. The van der Waals surface area contributed by atoms with Crippen LogP contribution in [0.2, 0.25) is 5.02 Å². The maximum Gasteiger partial charge on any atom is 0.150 e. The van der Waals surface area contributed by atoms with Crippen molar-refractivity contribution in [2.75, 3.05) is 5.32 Å². The molecule has 1 heterocycles. The lowest BCUT2D eigenvalue weighted by Gasteiger charge is -2.10. The molecule has 20 heavy (non-hydrogen) atoms. The molecular formula is C15H11ClF2N2. The Morgan fingerprint density at radius 3 is 2.75 bits per heavy atom. The third-order valence-corrected chi connectivity index (χ3v) is 3.39. The zero-order valence-corrected chi connectivity index (χ0v) is 11.1. The molecule has 0 atom stereocenters. The summed E-state index contributed by atoms with van der Waals surface area (Å²) in [6.07, 6.45) is 1.86. The van der Waals surface area contributed by atoms with E-state index in [0.29, 0.717) is 6.54 Å². The first-order chi connectivity index (χ1) is 9.63. The number of aromatic nitrogens is 1. The monoisotopic (exact) mass is 292 g/mol. The summed E-state index contributed by atoms with van der Waals surface area (Å²) in [5, 5.41) is 4.01. The number of halogens is 3. The van der Waals surface area contributed by atoms with Crippen LogP contribution in [0.3, 0.4) is 0 Å². The minimum Gasteiger partial charge on any atom is -0.377 e. The van der Waals surface area contributed by atoms with Gasteiger partial charge in [-0.15, -0.1) is 0 Å². The van der Waals surface area contributed by atoms with Gasteiger partial charge in [-0.1, -0.05) is 17.7 Å². The molecule has 0 aliphatic heterocycles. The van der Waals surface area contributed by atoms with Crippen LogP contribution in [0.25, 0.3) is 10.9 Å². The van der Waals surface area contributed by atoms with E-state index in [1.165, 1.54) is 0 Å². The second-order valence-corrected chi connectivity index (χ2v) is 4.90. The molecule has 0 radical (unpaired) electrons. The highest BCUT2D eigenvalue weighted by molar-refractivity contribution is 6.33. The molecule has 0 amide bonds. The molecule has 3 rings (SSSR count).